The van der Waals surface area contributed by atoms with E-state index in [0.29, 0.717) is 5.56 Å². The van der Waals surface area contributed by atoms with Gasteiger partial charge in [0.2, 0.25) is 0 Å². The smallest absolute Gasteiger partial charge is 0.293 e. The van der Waals surface area contributed by atoms with Gasteiger partial charge in [0.25, 0.3) is 11.7 Å². The monoisotopic (exact) mass is 255 g/mol. The van der Waals surface area contributed by atoms with Crippen LogP contribution in [0, 0.1) is 5.82 Å². The Morgan fingerprint density at radius 1 is 1.53 bits per heavy atom. The summed E-state index contributed by atoms with van der Waals surface area (Å²) >= 11 is 5.60. The summed E-state index contributed by atoms with van der Waals surface area (Å²) in [5, 5.41) is 15.0. The number of carbonyl (C=O) groups excluding carboxylic acids is 1. The van der Waals surface area contributed by atoms with Crippen LogP contribution in [0.25, 0.3) is 0 Å². The van der Waals surface area contributed by atoms with Crippen LogP contribution in [0.4, 0.5) is 4.39 Å². The second-order valence-corrected chi connectivity index (χ2v) is 3.57. The predicted octanol–water partition coefficient (Wildman–Crippen LogP) is 0.922. The minimum absolute atomic E-state index is 0.0105. The third-order valence-corrected chi connectivity index (χ3v) is 2.28. The van der Waals surface area contributed by atoms with Gasteiger partial charge in [-0.3, -0.25) is 4.79 Å². The molecule has 8 heteroatoms. The Balaban J connectivity index is 1.98. The van der Waals surface area contributed by atoms with E-state index in [4.69, 9.17) is 11.6 Å². The number of halogens is 2. The van der Waals surface area contributed by atoms with Crippen LogP contribution in [0.1, 0.15) is 16.2 Å². The van der Waals surface area contributed by atoms with E-state index in [1.54, 1.807) is 0 Å². The van der Waals surface area contributed by atoms with E-state index in [-0.39, 0.29) is 17.4 Å². The van der Waals surface area contributed by atoms with Crippen LogP contribution >= 0.6 is 11.6 Å². The van der Waals surface area contributed by atoms with Gasteiger partial charge in [0.05, 0.1) is 5.02 Å². The fourth-order valence-electron chi connectivity index (χ4n) is 1.17. The first-order valence-electron chi connectivity index (χ1n) is 4.62. The molecule has 0 unspecified atom stereocenters. The molecule has 0 saturated carbocycles. The highest BCUT2D eigenvalue weighted by molar-refractivity contribution is 6.30. The number of H-pyrrole nitrogens is 1. The van der Waals surface area contributed by atoms with Crippen molar-refractivity contribution in [1.82, 2.24) is 25.9 Å². The Hall–Kier alpha value is -2.02. The Labute approximate surface area is 100 Å². The van der Waals surface area contributed by atoms with Crippen LogP contribution in [-0.4, -0.2) is 26.5 Å². The number of amides is 1. The predicted molar refractivity (Wildman–Crippen MR) is 56.8 cm³/mol. The van der Waals surface area contributed by atoms with Crippen molar-refractivity contribution in [3.05, 3.63) is 40.4 Å². The lowest BCUT2D eigenvalue weighted by Gasteiger charge is -2.03. The second-order valence-electron chi connectivity index (χ2n) is 3.17. The lowest BCUT2D eigenvalue weighted by molar-refractivity contribution is 0.0940. The van der Waals surface area contributed by atoms with Crippen molar-refractivity contribution in [2.24, 2.45) is 0 Å². The SMILES string of the molecule is O=C(NCc1ccc(F)c(Cl)c1)c1nn[nH]n1. The number of rotatable bonds is 3. The number of aromatic nitrogens is 4. The quantitative estimate of drug-likeness (QED) is 0.854. The Morgan fingerprint density at radius 3 is 3.00 bits per heavy atom. The van der Waals surface area contributed by atoms with Crippen LogP contribution in [-0.2, 0) is 6.54 Å². The summed E-state index contributed by atoms with van der Waals surface area (Å²) in [6.45, 7) is 0.202. The van der Waals surface area contributed by atoms with E-state index in [9.17, 15) is 9.18 Å². The summed E-state index contributed by atoms with van der Waals surface area (Å²) in [5.74, 6) is -1.03. The third-order valence-electron chi connectivity index (χ3n) is 1.99. The Morgan fingerprint density at radius 2 is 2.35 bits per heavy atom. The van der Waals surface area contributed by atoms with Gasteiger partial charge in [0, 0.05) is 6.54 Å². The number of aromatic amines is 1. The van der Waals surface area contributed by atoms with Gasteiger partial charge in [-0.2, -0.15) is 5.21 Å². The van der Waals surface area contributed by atoms with Crippen LogP contribution in [0.15, 0.2) is 18.2 Å². The van der Waals surface area contributed by atoms with Gasteiger partial charge < -0.3 is 5.32 Å². The molecule has 0 aliphatic heterocycles. The maximum atomic E-state index is 12.9. The fourth-order valence-corrected chi connectivity index (χ4v) is 1.37. The number of hydrogen-bond acceptors (Lipinski definition) is 4. The number of nitrogens with zero attached hydrogens (tertiary/aromatic N) is 3. The van der Waals surface area contributed by atoms with Gasteiger partial charge in [0.1, 0.15) is 5.82 Å². The molecule has 0 atom stereocenters. The first-order chi connectivity index (χ1) is 8.16. The van der Waals surface area contributed by atoms with Crippen molar-refractivity contribution in [3.63, 3.8) is 0 Å². The normalized spacial score (nSPS) is 10.2. The summed E-state index contributed by atoms with van der Waals surface area (Å²) in [7, 11) is 0. The van der Waals surface area contributed by atoms with Crippen molar-refractivity contribution in [3.8, 4) is 0 Å². The first kappa shape index (κ1) is 11.5. The number of nitrogens with one attached hydrogen (secondary N) is 2. The van der Waals surface area contributed by atoms with Crippen molar-refractivity contribution < 1.29 is 9.18 Å². The number of hydrogen-bond donors (Lipinski definition) is 2. The fraction of sp³-hybridized carbons (Fsp3) is 0.111. The molecule has 6 nitrogen and oxygen atoms in total. The minimum Gasteiger partial charge on any atom is -0.345 e. The van der Waals surface area contributed by atoms with Crippen LogP contribution < -0.4 is 5.32 Å². The molecular formula is C9H7ClFN5O. The highest BCUT2D eigenvalue weighted by atomic mass is 35.5. The van der Waals surface area contributed by atoms with E-state index >= 15 is 0 Å². The zero-order valence-electron chi connectivity index (χ0n) is 8.44. The zero-order chi connectivity index (χ0) is 12.3. The lowest BCUT2D eigenvalue weighted by Crippen LogP contribution is -2.24. The molecule has 0 saturated heterocycles. The Kier molecular flexibility index (Phi) is 3.29. The molecule has 2 aromatic rings. The minimum atomic E-state index is -0.500. The second kappa shape index (κ2) is 4.88. The van der Waals surface area contributed by atoms with Gasteiger partial charge in [-0.05, 0) is 22.9 Å². The number of benzene rings is 1. The van der Waals surface area contributed by atoms with Crippen LogP contribution in [0.5, 0.6) is 0 Å². The molecule has 2 rings (SSSR count). The molecule has 2 N–H and O–H groups in total. The summed E-state index contributed by atoms with van der Waals surface area (Å²) in [6.07, 6.45) is 0. The van der Waals surface area contributed by atoms with Crippen molar-refractivity contribution >= 4 is 17.5 Å². The molecular weight excluding hydrogens is 249 g/mol. The summed E-state index contributed by atoms with van der Waals surface area (Å²) in [4.78, 5) is 11.4. The highest BCUT2D eigenvalue weighted by Gasteiger charge is 2.10. The van der Waals surface area contributed by atoms with Crippen LogP contribution in [0.2, 0.25) is 5.02 Å². The molecule has 0 bridgehead atoms. The number of carbonyl (C=O) groups is 1. The van der Waals surface area contributed by atoms with Gasteiger partial charge in [-0.25, -0.2) is 4.39 Å². The molecule has 0 spiro atoms. The third kappa shape index (κ3) is 2.76. The molecule has 1 aromatic carbocycles. The molecule has 1 amide bonds. The first-order valence-corrected chi connectivity index (χ1v) is 5.00. The van der Waals surface area contributed by atoms with Gasteiger partial charge in [0.15, 0.2) is 0 Å². The van der Waals surface area contributed by atoms with E-state index in [2.05, 4.69) is 25.9 Å². The molecule has 88 valence electrons. The Bertz CT molecular complexity index is 530. The van der Waals surface area contributed by atoms with Gasteiger partial charge in [-0.1, -0.05) is 17.7 Å². The van der Waals surface area contributed by atoms with Crippen molar-refractivity contribution in [2.75, 3.05) is 0 Å². The molecule has 1 heterocycles. The summed E-state index contributed by atoms with van der Waals surface area (Å²) < 4.78 is 12.9. The maximum Gasteiger partial charge on any atom is 0.293 e. The van der Waals surface area contributed by atoms with Crippen molar-refractivity contribution in [2.45, 2.75) is 6.54 Å². The maximum absolute atomic E-state index is 12.9. The van der Waals surface area contributed by atoms with E-state index in [0.717, 1.165) is 0 Å². The molecule has 0 aliphatic rings. The van der Waals surface area contributed by atoms with Gasteiger partial charge >= 0.3 is 0 Å². The molecule has 0 aliphatic carbocycles. The molecule has 0 radical (unpaired) electrons. The standard InChI is InChI=1S/C9H7ClFN5O/c10-6-3-5(1-2-7(6)11)4-12-9(17)8-13-15-16-14-8/h1-3H,4H2,(H,12,17)(H,13,14,15,16). The molecule has 17 heavy (non-hydrogen) atoms. The molecule has 0 fully saturated rings. The van der Waals surface area contributed by atoms with Crippen LogP contribution in [0.3, 0.4) is 0 Å². The molecule has 1 aromatic heterocycles. The topological polar surface area (TPSA) is 83.6 Å². The average Bonchev–Trinajstić information content (AvgIpc) is 2.84. The van der Waals surface area contributed by atoms with E-state index < -0.39 is 11.7 Å². The van der Waals surface area contributed by atoms with Crippen molar-refractivity contribution in [1.29, 1.82) is 0 Å². The summed E-state index contributed by atoms with van der Waals surface area (Å²) in [6, 6.07) is 4.20. The average molecular weight is 256 g/mol. The summed E-state index contributed by atoms with van der Waals surface area (Å²) in [5.41, 5.74) is 0.674. The zero-order valence-corrected chi connectivity index (χ0v) is 9.20. The number of tetrazole rings is 1. The van der Waals surface area contributed by atoms with E-state index in [1.807, 2.05) is 0 Å². The largest absolute Gasteiger partial charge is 0.345 e. The van der Waals surface area contributed by atoms with E-state index in [1.165, 1.54) is 18.2 Å². The lowest BCUT2D eigenvalue weighted by atomic mass is 10.2. The highest BCUT2D eigenvalue weighted by Crippen LogP contribution is 2.15. The van der Waals surface area contributed by atoms with Gasteiger partial charge in [-0.15, -0.1) is 10.2 Å².